The lowest BCUT2D eigenvalue weighted by molar-refractivity contribution is 0.240. The molecule has 0 radical (unpaired) electrons. The van der Waals surface area contributed by atoms with E-state index in [2.05, 4.69) is 0 Å². The fourth-order valence-corrected chi connectivity index (χ4v) is 4.67. The second kappa shape index (κ2) is 7.64. The Kier molecular flexibility index (Phi) is 6.06. The van der Waals surface area contributed by atoms with Crippen LogP contribution in [0.5, 0.6) is 5.75 Å². The van der Waals surface area contributed by atoms with E-state index in [1.54, 1.807) is 22.5 Å². The first kappa shape index (κ1) is 18.2. The maximum atomic E-state index is 12.9. The Labute approximate surface area is 139 Å². The molecule has 0 aliphatic carbocycles. The van der Waals surface area contributed by atoms with E-state index in [1.807, 2.05) is 20.8 Å². The van der Waals surface area contributed by atoms with Crippen LogP contribution in [0.1, 0.15) is 38.7 Å². The van der Waals surface area contributed by atoms with Gasteiger partial charge in [0.2, 0.25) is 10.0 Å². The molecule has 0 spiro atoms. The number of ether oxygens (including phenoxy) is 1. The molecule has 1 saturated heterocycles. The van der Waals surface area contributed by atoms with Gasteiger partial charge in [-0.2, -0.15) is 4.31 Å². The predicted molar refractivity (Wildman–Crippen MR) is 92.1 cm³/mol. The van der Waals surface area contributed by atoms with Crippen molar-refractivity contribution in [2.45, 2.75) is 51.0 Å². The summed E-state index contributed by atoms with van der Waals surface area (Å²) in [7, 11) is -3.44. The molecule has 1 unspecified atom stereocenters. The maximum absolute atomic E-state index is 12.9. The third-order valence-electron chi connectivity index (χ3n) is 4.20. The van der Waals surface area contributed by atoms with Gasteiger partial charge in [0.1, 0.15) is 5.75 Å². The smallest absolute Gasteiger partial charge is 0.243 e. The number of benzene rings is 1. The number of hydrogen-bond donors (Lipinski definition) is 1. The van der Waals surface area contributed by atoms with Crippen LogP contribution in [0, 0.1) is 12.8 Å². The third-order valence-corrected chi connectivity index (χ3v) is 6.06. The van der Waals surface area contributed by atoms with Crippen molar-refractivity contribution in [1.29, 1.82) is 0 Å². The fraction of sp³-hybridized carbons (Fsp3) is 0.647. The summed E-state index contributed by atoms with van der Waals surface area (Å²) in [6.07, 6.45) is 2.91. The van der Waals surface area contributed by atoms with Gasteiger partial charge in [-0.05, 0) is 76.3 Å². The van der Waals surface area contributed by atoms with Gasteiger partial charge in [-0.1, -0.05) is 0 Å². The normalized spacial score (nSPS) is 20.0. The average Bonchev–Trinajstić information content (AvgIpc) is 2.49. The summed E-state index contributed by atoms with van der Waals surface area (Å²) in [4.78, 5) is 0.347. The second-order valence-corrected chi connectivity index (χ2v) is 8.48. The van der Waals surface area contributed by atoms with Crippen LogP contribution in [-0.2, 0) is 10.0 Å². The zero-order valence-corrected chi connectivity index (χ0v) is 15.1. The monoisotopic (exact) mass is 340 g/mol. The van der Waals surface area contributed by atoms with Gasteiger partial charge in [-0.25, -0.2) is 8.42 Å². The SMILES string of the molecule is Cc1cc(S(=O)(=O)N2CCCC(CCN)C2)ccc1OC(C)C. The molecule has 23 heavy (non-hydrogen) atoms. The summed E-state index contributed by atoms with van der Waals surface area (Å²) in [6, 6.07) is 5.11. The van der Waals surface area contributed by atoms with E-state index in [1.165, 1.54) is 0 Å². The van der Waals surface area contributed by atoms with E-state index in [0.29, 0.717) is 30.4 Å². The number of sulfonamides is 1. The summed E-state index contributed by atoms with van der Waals surface area (Å²) in [5, 5.41) is 0. The van der Waals surface area contributed by atoms with Gasteiger partial charge in [0, 0.05) is 13.1 Å². The molecule has 1 aromatic rings. The van der Waals surface area contributed by atoms with Crippen molar-refractivity contribution in [2.24, 2.45) is 11.7 Å². The van der Waals surface area contributed by atoms with Crippen molar-refractivity contribution in [1.82, 2.24) is 4.31 Å². The second-order valence-electron chi connectivity index (χ2n) is 6.54. The Bertz CT molecular complexity index is 627. The van der Waals surface area contributed by atoms with E-state index in [4.69, 9.17) is 10.5 Å². The van der Waals surface area contributed by atoms with Crippen LogP contribution in [0.3, 0.4) is 0 Å². The molecular weight excluding hydrogens is 312 g/mol. The molecule has 6 heteroatoms. The van der Waals surface area contributed by atoms with Gasteiger partial charge in [0.25, 0.3) is 0 Å². The Morgan fingerprint density at radius 2 is 2.13 bits per heavy atom. The van der Waals surface area contributed by atoms with Crippen molar-refractivity contribution in [3.8, 4) is 5.75 Å². The molecule has 1 aliphatic rings. The first-order chi connectivity index (χ1) is 10.8. The highest BCUT2D eigenvalue weighted by Crippen LogP contribution is 2.28. The largest absolute Gasteiger partial charge is 0.491 e. The van der Waals surface area contributed by atoms with E-state index >= 15 is 0 Å². The van der Waals surface area contributed by atoms with Gasteiger partial charge in [0.05, 0.1) is 11.0 Å². The molecular formula is C17H28N2O3S. The van der Waals surface area contributed by atoms with Crippen molar-refractivity contribution in [3.63, 3.8) is 0 Å². The molecule has 2 rings (SSSR count). The number of hydrogen-bond acceptors (Lipinski definition) is 4. The first-order valence-electron chi connectivity index (χ1n) is 8.32. The van der Waals surface area contributed by atoms with Crippen LogP contribution in [0.15, 0.2) is 23.1 Å². The van der Waals surface area contributed by atoms with Gasteiger partial charge in [0.15, 0.2) is 0 Å². The number of nitrogens with two attached hydrogens (primary N) is 1. The highest BCUT2D eigenvalue weighted by atomic mass is 32.2. The molecule has 2 N–H and O–H groups in total. The van der Waals surface area contributed by atoms with Crippen molar-refractivity contribution >= 4 is 10.0 Å². The Hall–Kier alpha value is -1.11. The average molecular weight is 340 g/mol. The summed E-state index contributed by atoms with van der Waals surface area (Å²) in [5.74, 6) is 1.10. The van der Waals surface area contributed by atoms with Crippen molar-refractivity contribution in [3.05, 3.63) is 23.8 Å². The Morgan fingerprint density at radius 1 is 1.39 bits per heavy atom. The van der Waals surface area contributed by atoms with Gasteiger partial charge < -0.3 is 10.5 Å². The summed E-state index contributed by atoms with van der Waals surface area (Å²) in [6.45, 7) is 7.56. The lowest BCUT2D eigenvalue weighted by Crippen LogP contribution is -2.40. The molecule has 1 atom stereocenters. The third kappa shape index (κ3) is 4.46. The first-order valence-corrected chi connectivity index (χ1v) is 9.76. The molecule has 5 nitrogen and oxygen atoms in total. The molecule has 1 aliphatic heterocycles. The number of rotatable bonds is 6. The van der Waals surface area contributed by atoms with Crippen LogP contribution in [0.4, 0.5) is 0 Å². The van der Waals surface area contributed by atoms with Gasteiger partial charge in [-0.3, -0.25) is 0 Å². The summed E-state index contributed by atoms with van der Waals surface area (Å²) in [5.41, 5.74) is 6.46. The zero-order chi connectivity index (χ0) is 17.0. The molecule has 0 bridgehead atoms. The van der Waals surface area contributed by atoms with Crippen molar-refractivity contribution < 1.29 is 13.2 Å². The van der Waals surface area contributed by atoms with E-state index in [0.717, 1.165) is 30.6 Å². The lowest BCUT2D eigenvalue weighted by atomic mass is 9.96. The van der Waals surface area contributed by atoms with Crippen LogP contribution < -0.4 is 10.5 Å². The molecule has 0 saturated carbocycles. The molecule has 130 valence electrons. The quantitative estimate of drug-likeness (QED) is 0.864. The van der Waals surface area contributed by atoms with Gasteiger partial charge in [-0.15, -0.1) is 0 Å². The lowest BCUT2D eigenvalue weighted by Gasteiger charge is -2.32. The molecule has 1 heterocycles. The molecule has 0 aromatic heterocycles. The summed E-state index contributed by atoms with van der Waals surface area (Å²) < 4.78 is 33.0. The van der Waals surface area contributed by atoms with E-state index < -0.39 is 10.0 Å². The summed E-state index contributed by atoms with van der Waals surface area (Å²) >= 11 is 0. The van der Waals surface area contributed by atoms with Crippen LogP contribution in [0.2, 0.25) is 0 Å². The van der Waals surface area contributed by atoms with Gasteiger partial charge >= 0.3 is 0 Å². The Balaban J connectivity index is 2.20. The highest BCUT2D eigenvalue weighted by molar-refractivity contribution is 7.89. The number of piperidine rings is 1. The maximum Gasteiger partial charge on any atom is 0.243 e. The number of aryl methyl sites for hydroxylation is 1. The van der Waals surface area contributed by atoms with E-state index in [9.17, 15) is 8.42 Å². The fourth-order valence-electron chi connectivity index (χ4n) is 3.03. The molecule has 0 amide bonds. The standard InChI is InChI=1S/C17H28N2O3S/c1-13(2)22-17-7-6-16(11-14(17)3)23(20,21)19-10-4-5-15(12-19)8-9-18/h6-7,11,13,15H,4-5,8-10,12,18H2,1-3H3. The van der Waals surface area contributed by atoms with Crippen molar-refractivity contribution in [2.75, 3.05) is 19.6 Å². The predicted octanol–water partition coefficient (Wildman–Crippen LogP) is 2.53. The Morgan fingerprint density at radius 3 is 2.74 bits per heavy atom. The van der Waals surface area contributed by atoms with Crippen LogP contribution in [0.25, 0.3) is 0 Å². The van der Waals surface area contributed by atoms with Crippen LogP contribution >= 0.6 is 0 Å². The molecule has 1 aromatic carbocycles. The topological polar surface area (TPSA) is 72.6 Å². The van der Waals surface area contributed by atoms with Crippen LogP contribution in [-0.4, -0.2) is 38.5 Å². The minimum absolute atomic E-state index is 0.0651. The minimum Gasteiger partial charge on any atom is -0.491 e. The van der Waals surface area contributed by atoms with E-state index in [-0.39, 0.29) is 6.10 Å². The minimum atomic E-state index is -3.44. The zero-order valence-electron chi connectivity index (χ0n) is 14.3. The highest BCUT2D eigenvalue weighted by Gasteiger charge is 2.30. The number of nitrogens with zero attached hydrogens (tertiary/aromatic N) is 1. The molecule has 1 fully saturated rings.